The van der Waals surface area contributed by atoms with Gasteiger partial charge >= 0.3 is 0 Å². The summed E-state index contributed by atoms with van der Waals surface area (Å²) in [6, 6.07) is 2.30. The lowest BCUT2D eigenvalue weighted by Crippen LogP contribution is -2.47. The molecule has 0 aromatic heterocycles. The number of hydrogen-bond acceptors (Lipinski definition) is 3. The summed E-state index contributed by atoms with van der Waals surface area (Å²) in [5, 5.41) is 8.88. The highest BCUT2D eigenvalue weighted by Gasteiger charge is 2.52. The SMILES string of the molecule is C[C@@H](C#N)C[C@H]1CC[C@@H]2OC3CC=CC2(C3)O1. The van der Waals surface area contributed by atoms with Crippen LogP contribution in [0.15, 0.2) is 12.2 Å². The minimum absolute atomic E-state index is 0.0821. The minimum Gasteiger partial charge on any atom is -0.371 e. The van der Waals surface area contributed by atoms with E-state index in [2.05, 4.69) is 18.2 Å². The average molecular weight is 233 g/mol. The molecule has 3 aliphatic rings. The van der Waals surface area contributed by atoms with Gasteiger partial charge in [0.05, 0.1) is 24.4 Å². The number of nitrogens with zero attached hydrogens (tertiary/aromatic N) is 1. The molecule has 0 amide bonds. The summed E-state index contributed by atoms with van der Waals surface area (Å²) in [5.41, 5.74) is -0.166. The van der Waals surface area contributed by atoms with Crippen molar-refractivity contribution >= 4 is 0 Å². The van der Waals surface area contributed by atoms with E-state index in [1.807, 2.05) is 6.92 Å². The minimum atomic E-state index is -0.166. The summed E-state index contributed by atoms with van der Waals surface area (Å²) in [7, 11) is 0. The van der Waals surface area contributed by atoms with Gasteiger partial charge in [-0.1, -0.05) is 12.2 Å². The second kappa shape index (κ2) is 4.12. The van der Waals surface area contributed by atoms with Crippen LogP contribution in [0.25, 0.3) is 0 Å². The van der Waals surface area contributed by atoms with Gasteiger partial charge in [-0.3, -0.25) is 0 Å². The molecule has 2 aliphatic heterocycles. The Hall–Kier alpha value is -0.850. The highest BCUT2D eigenvalue weighted by Crippen LogP contribution is 2.46. The standard InChI is InChI=1S/C14H19NO2/c1-10(9-15)7-11-4-5-13-14(17-11)6-2-3-12(8-14)16-13/h2,6,10-13H,3-5,7-8H2,1H3/t10-,11-,12?,13+,14?/m1/s1. The molecule has 2 bridgehead atoms. The van der Waals surface area contributed by atoms with Crippen LogP contribution in [-0.4, -0.2) is 23.9 Å². The third-order valence-corrected chi connectivity index (χ3v) is 4.22. The second-order valence-corrected chi connectivity index (χ2v) is 5.63. The Balaban J connectivity index is 1.72. The van der Waals surface area contributed by atoms with Crippen LogP contribution in [0.4, 0.5) is 0 Å². The fourth-order valence-corrected chi connectivity index (χ4v) is 3.41. The largest absolute Gasteiger partial charge is 0.371 e. The molecule has 1 aliphatic carbocycles. The lowest BCUT2D eigenvalue weighted by molar-refractivity contribution is -0.142. The van der Waals surface area contributed by atoms with Crippen molar-refractivity contribution in [3.05, 3.63) is 12.2 Å². The first-order valence-corrected chi connectivity index (χ1v) is 6.62. The number of fused-ring (bicyclic) bond motifs is 1. The number of rotatable bonds is 2. The van der Waals surface area contributed by atoms with Crippen LogP contribution >= 0.6 is 0 Å². The van der Waals surface area contributed by atoms with Gasteiger partial charge in [-0.15, -0.1) is 0 Å². The zero-order valence-corrected chi connectivity index (χ0v) is 10.3. The van der Waals surface area contributed by atoms with Gasteiger partial charge in [0, 0.05) is 12.3 Å². The first-order chi connectivity index (χ1) is 8.22. The number of ether oxygens (including phenoxy) is 2. The third kappa shape index (κ3) is 1.90. The maximum atomic E-state index is 8.88. The van der Waals surface area contributed by atoms with Crippen LogP contribution < -0.4 is 0 Å². The van der Waals surface area contributed by atoms with E-state index in [0.29, 0.717) is 6.10 Å². The average Bonchev–Trinajstić information content (AvgIpc) is 2.58. The van der Waals surface area contributed by atoms with Crippen molar-refractivity contribution in [3.63, 3.8) is 0 Å². The van der Waals surface area contributed by atoms with Crippen molar-refractivity contribution in [1.82, 2.24) is 0 Å². The highest BCUT2D eigenvalue weighted by molar-refractivity contribution is 5.18. The zero-order valence-electron chi connectivity index (χ0n) is 10.3. The molecule has 0 radical (unpaired) electrons. The quantitative estimate of drug-likeness (QED) is 0.688. The van der Waals surface area contributed by atoms with Crippen LogP contribution in [0.3, 0.4) is 0 Å². The van der Waals surface area contributed by atoms with Crippen LogP contribution in [0.1, 0.15) is 39.0 Å². The molecule has 5 atom stereocenters. The highest BCUT2D eigenvalue weighted by atomic mass is 16.6. The fourth-order valence-electron chi connectivity index (χ4n) is 3.41. The molecule has 3 rings (SSSR count). The van der Waals surface area contributed by atoms with E-state index in [0.717, 1.165) is 32.1 Å². The molecule has 2 fully saturated rings. The van der Waals surface area contributed by atoms with Gasteiger partial charge in [0.15, 0.2) is 0 Å². The fraction of sp³-hybridized carbons (Fsp3) is 0.786. The van der Waals surface area contributed by atoms with E-state index in [-0.39, 0.29) is 23.7 Å². The van der Waals surface area contributed by atoms with E-state index < -0.39 is 0 Å². The molecule has 0 saturated carbocycles. The monoisotopic (exact) mass is 233 g/mol. The van der Waals surface area contributed by atoms with Crippen LogP contribution in [0.2, 0.25) is 0 Å². The molecule has 2 unspecified atom stereocenters. The van der Waals surface area contributed by atoms with E-state index in [9.17, 15) is 0 Å². The molecule has 1 spiro atoms. The normalized spacial score (nSPS) is 45.1. The Kier molecular flexibility index (Phi) is 2.72. The molecular weight excluding hydrogens is 214 g/mol. The Labute approximate surface area is 102 Å². The van der Waals surface area contributed by atoms with E-state index in [1.54, 1.807) is 0 Å². The Morgan fingerprint density at radius 1 is 1.53 bits per heavy atom. The summed E-state index contributed by atoms with van der Waals surface area (Å²) in [5.74, 6) is 0.0821. The van der Waals surface area contributed by atoms with Gasteiger partial charge in [0.25, 0.3) is 0 Å². The summed E-state index contributed by atoms with van der Waals surface area (Å²) >= 11 is 0. The molecule has 3 heteroatoms. The van der Waals surface area contributed by atoms with E-state index >= 15 is 0 Å². The van der Waals surface area contributed by atoms with E-state index in [4.69, 9.17) is 14.7 Å². The van der Waals surface area contributed by atoms with Gasteiger partial charge in [-0.05, 0) is 32.6 Å². The van der Waals surface area contributed by atoms with Crippen LogP contribution in [0, 0.1) is 17.2 Å². The van der Waals surface area contributed by atoms with Crippen molar-refractivity contribution < 1.29 is 9.47 Å². The Morgan fingerprint density at radius 3 is 3.24 bits per heavy atom. The summed E-state index contributed by atoms with van der Waals surface area (Å²) in [4.78, 5) is 0. The molecule has 17 heavy (non-hydrogen) atoms. The molecule has 0 aromatic carbocycles. The van der Waals surface area contributed by atoms with Gasteiger partial charge in [0.1, 0.15) is 5.60 Å². The molecule has 0 aromatic rings. The Bertz CT molecular complexity index is 373. The first kappa shape index (κ1) is 11.3. The Morgan fingerprint density at radius 2 is 2.41 bits per heavy atom. The predicted molar refractivity (Wildman–Crippen MR) is 63.3 cm³/mol. The van der Waals surface area contributed by atoms with Gasteiger partial charge in [-0.25, -0.2) is 0 Å². The molecule has 2 heterocycles. The van der Waals surface area contributed by atoms with Crippen molar-refractivity contribution in [1.29, 1.82) is 5.26 Å². The smallest absolute Gasteiger partial charge is 0.115 e. The maximum absolute atomic E-state index is 8.88. The second-order valence-electron chi connectivity index (χ2n) is 5.63. The van der Waals surface area contributed by atoms with Crippen molar-refractivity contribution in [3.8, 4) is 6.07 Å². The molecule has 3 nitrogen and oxygen atoms in total. The van der Waals surface area contributed by atoms with Gasteiger partial charge < -0.3 is 9.47 Å². The molecule has 2 saturated heterocycles. The lowest BCUT2D eigenvalue weighted by Gasteiger charge is -2.41. The van der Waals surface area contributed by atoms with Gasteiger partial charge in [0.2, 0.25) is 0 Å². The summed E-state index contributed by atoms with van der Waals surface area (Å²) < 4.78 is 12.3. The molecular formula is C14H19NO2. The maximum Gasteiger partial charge on any atom is 0.115 e. The van der Waals surface area contributed by atoms with Crippen molar-refractivity contribution in [2.75, 3.05) is 0 Å². The van der Waals surface area contributed by atoms with Crippen molar-refractivity contribution in [2.45, 2.75) is 62.9 Å². The predicted octanol–water partition coefficient (Wildman–Crippen LogP) is 2.57. The molecule has 92 valence electrons. The number of nitriles is 1. The summed E-state index contributed by atoms with van der Waals surface area (Å²) in [6.07, 6.45) is 10.2. The third-order valence-electron chi connectivity index (χ3n) is 4.22. The lowest BCUT2D eigenvalue weighted by atomic mass is 9.82. The van der Waals surface area contributed by atoms with Gasteiger partial charge in [-0.2, -0.15) is 5.26 Å². The topological polar surface area (TPSA) is 42.2 Å². The first-order valence-electron chi connectivity index (χ1n) is 6.62. The van der Waals surface area contributed by atoms with Crippen LogP contribution in [0.5, 0.6) is 0 Å². The van der Waals surface area contributed by atoms with Crippen LogP contribution in [-0.2, 0) is 9.47 Å². The summed E-state index contributed by atoms with van der Waals surface area (Å²) in [6.45, 7) is 1.97. The van der Waals surface area contributed by atoms with Crippen molar-refractivity contribution in [2.24, 2.45) is 5.92 Å². The number of hydrogen-bond donors (Lipinski definition) is 0. The van der Waals surface area contributed by atoms with E-state index in [1.165, 1.54) is 0 Å². The zero-order chi connectivity index (χ0) is 11.9. The molecule has 0 N–H and O–H groups in total.